The van der Waals surface area contributed by atoms with Gasteiger partial charge >= 0.3 is 0 Å². The van der Waals surface area contributed by atoms with Crippen LogP contribution in [0.2, 0.25) is 0 Å². The van der Waals surface area contributed by atoms with Gasteiger partial charge in [0.1, 0.15) is 14.4 Å². The molecular weight excluding hydrogens is 496 g/mol. The zero-order chi connectivity index (χ0) is 25.6. The Labute approximate surface area is 213 Å². The lowest BCUT2D eigenvalue weighted by atomic mass is 10.1. The normalized spacial score (nSPS) is 11.8. The monoisotopic (exact) mass is 516 g/mol. The van der Waals surface area contributed by atoms with Crippen LogP contribution in [0, 0.1) is 17.0 Å². The highest BCUT2D eigenvalue weighted by Gasteiger charge is 2.24. The Morgan fingerprint density at radius 2 is 1.81 bits per heavy atom. The molecule has 2 aromatic carbocycles. The van der Waals surface area contributed by atoms with Gasteiger partial charge in [0.25, 0.3) is 11.2 Å². The van der Waals surface area contributed by atoms with Gasteiger partial charge in [0.15, 0.2) is 0 Å². The Hall–Kier alpha value is -4.15. The third-order valence-corrected chi connectivity index (χ3v) is 7.58. The SMILES string of the molecule is Cc1ccc(-c2csc(-c3cc(C(=O)c4ccc([N+](=O)[O-])cc4)n4c(=O)c(=CN(C)C)sc34)n2)cc1. The number of aromatic nitrogens is 2. The minimum Gasteiger partial charge on any atom is -0.382 e. The van der Waals surface area contributed by atoms with Crippen LogP contribution in [-0.2, 0) is 0 Å². The molecule has 0 atom stereocenters. The van der Waals surface area contributed by atoms with Gasteiger partial charge in [0, 0.05) is 54.5 Å². The van der Waals surface area contributed by atoms with Crippen LogP contribution in [0.5, 0.6) is 0 Å². The number of nitrogens with zero attached hydrogens (tertiary/aromatic N) is 4. The molecule has 0 N–H and O–H groups in total. The van der Waals surface area contributed by atoms with Crippen LogP contribution < -0.4 is 10.1 Å². The highest BCUT2D eigenvalue weighted by atomic mass is 32.1. The van der Waals surface area contributed by atoms with E-state index in [0.717, 1.165) is 16.8 Å². The zero-order valence-electron chi connectivity index (χ0n) is 19.6. The molecule has 180 valence electrons. The molecule has 0 amide bonds. The lowest BCUT2D eigenvalue weighted by Crippen LogP contribution is -2.27. The Balaban J connectivity index is 1.67. The molecule has 0 aliphatic rings. The number of carbonyl (C=O) groups excluding carboxylic acids is 1. The number of hydrogen-bond acceptors (Lipinski definition) is 8. The van der Waals surface area contributed by atoms with E-state index in [9.17, 15) is 19.7 Å². The number of ketones is 1. The van der Waals surface area contributed by atoms with Crippen molar-refractivity contribution < 1.29 is 9.72 Å². The summed E-state index contributed by atoms with van der Waals surface area (Å²) >= 11 is 2.74. The first-order valence-corrected chi connectivity index (χ1v) is 12.6. The Morgan fingerprint density at radius 1 is 1.11 bits per heavy atom. The van der Waals surface area contributed by atoms with Gasteiger partial charge in [-0.05, 0) is 25.1 Å². The van der Waals surface area contributed by atoms with E-state index in [4.69, 9.17) is 4.98 Å². The Morgan fingerprint density at radius 3 is 2.44 bits per heavy atom. The highest BCUT2D eigenvalue weighted by molar-refractivity contribution is 7.17. The maximum Gasteiger partial charge on any atom is 0.275 e. The van der Waals surface area contributed by atoms with Crippen LogP contribution in [0.4, 0.5) is 5.69 Å². The van der Waals surface area contributed by atoms with Crippen LogP contribution in [0.15, 0.2) is 64.8 Å². The summed E-state index contributed by atoms with van der Waals surface area (Å²) in [5.41, 5.74) is 3.70. The largest absolute Gasteiger partial charge is 0.382 e. The number of non-ortho nitro benzene ring substituents is 1. The van der Waals surface area contributed by atoms with Gasteiger partial charge in [-0.1, -0.05) is 29.8 Å². The Kier molecular flexibility index (Phi) is 5.99. The first kappa shape index (κ1) is 23.6. The van der Waals surface area contributed by atoms with Gasteiger partial charge < -0.3 is 4.90 Å². The molecule has 36 heavy (non-hydrogen) atoms. The molecule has 3 heterocycles. The second-order valence-corrected chi connectivity index (χ2v) is 10.4. The minimum atomic E-state index is -0.520. The third-order valence-electron chi connectivity index (χ3n) is 5.61. The number of aryl methyl sites for hydroxylation is 1. The summed E-state index contributed by atoms with van der Waals surface area (Å²) in [4.78, 5) is 44.5. The van der Waals surface area contributed by atoms with Crippen LogP contribution in [0.3, 0.4) is 0 Å². The summed E-state index contributed by atoms with van der Waals surface area (Å²) in [5.74, 6) is -0.396. The van der Waals surface area contributed by atoms with Crippen molar-refractivity contribution in [1.29, 1.82) is 0 Å². The van der Waals surface area contributed by atoms with Gasteiger partial charge in [-0.15, -0.1) is 22.7 Å². The molecular formula is C26H20N4O4S2. The van der Waals surface area contributed by atoms with Crippen molar-refractivity contribution in [3.63, 3.8) is 0 Å². The molecule has 0 saturated heterocycles. The second-order valence-electron chi connectivity index (χ2n) is 8.49. The number of hydrogen-bond donors (Lipinski definition) is 0. The zero-order valence-corrected chi connectivity index (χ0v) is 21.2. The summed E-state index contributed by atoms with van der Waals surface area (Å²) in [5, 5.41) is 13.7. The molecule has 5 rings (SSSR count). The number of benzene rings is 2. The van der Waals surface area contributed by atoms with Crippen LogP contribution >= 0.6 is 22.7 Å². The molecule has 0 spiro atoms. The van der Waals surface area contributed by atoms with Crippen molar-refractivity contribution in [3.8, 4) is 21.8 Å². The number of nitro benzene ring substituents is 1. The van der Waals surface area contributed by atoms with Crippen molar-refractivity contribution in [2.24, 2.45) is 0 Å². The highest BCUT2D eigenvalue weighted by Crippen LogP contribution is 2.34. The fourth-order valence-electron chi connectivity index (χ4n) is 3.83. The maximum atomic E-state index is 13.5. The van der Waals surface area contributed by atoms with E-state index >= 15 is 0 Å². The molecule has 5 aromatic rings. The number of thiazole rings is 2. The first-order valence-electron chi connectivity index (χ1n) is 10.9. The molecule has 0 aliphatic heterocycles. The summed E-state index contributed by atoms with van der Waals surface area (Å²) in [6.07, 6.45) is 1.73. The predicted molar refractivity (Wildman–Crippen MR) is 143 cm³/mol. The van der Waals surface area contributed by atoms with Crippen molar-refractivity contribution in [2.45, 2.75) is 6.92 Å². The van der Waals surface area contributed by atoms with E-state index in [-0.39, 0.29) is 22.5 Å². The molecule has 0 unspecified atom stereocenters. The van der Waals surface area contributed by atoms with Crippen LogP contribution in [-0.4, -0.2) is 39.1 Å². The summed E-state index contributed by atoms with van der Waals surface area (Å²) in [7, 11) is 3.65. The first-order chi connectivity index (χ1) is 17.2. The standard InChI is InChI=1S/C26H20N4O4S2/c1-15-4-6-16(7-5-15)20-14-35-24(27-20)19-12-21(23(31)17-8-10-18(11-9-17)30(33)34)29-25(32)22(13-28(2)3)36-26(19)29/h4-14H,1-3H3. The van der Waals surface area contributed by atoms with E-state index in [1.165, 1.54) is 51.3 Å². The number of rotatable bonds is 6. The summed E-state index contributed by atoms with van der Waals surface area (Å²) in [6.45, 7) is 2.03. The second kappa shape index (κ2) is 9.14. The lowest BCUT2D eigenvalue weighted by molar-refractivity contribution is -0.384. The van der Waals surface area contributed by atoms with Crippen molar-refractivity contribution >= 4 is 45.2 Å². The van der Waals surface area contributed by atoms with Crippen LogP contribution in [0.1, 0.15) is 21.6 Å². The summed E-state index contributed by atoms with van der Waals surface area (Å²) in [6, 6.07) is 15.1. The van der Waals surface area contributed by atoms with E-state index in [2.05, 4.69) is 0 Å². The molecule has 0 aliphatic carbocycles. The van der Waals surface area contributed by atoms with Gasteiger partial charge in [0.05, 0.1) is 16.3 Å². The van der Waals surface area contributed by atoms with Gasteiger partial charge in [-0.25, -0.2) is 4.98 Å². The topological polar surface area (TPSA) is 97.8 Å². The third kappa shape index (κ3) is 4.21. The molecule has 3 aromatic heterocycles. The molecule has 0 saturated carbocycles. The minimum absolute atomic E-state index is 0.109. The van der Waals surface area contributed by atoms with Crippen molar-refractivity contribution in [3.05, 3.63) is 102 Å². The van der Waals surface area contributed by atoms with Gasteiger partial charge in [-0.3, -0.25) is 24.1 Å². The van der Waals surface area contributed by atoms with E-state index in [1.54, 1.807) is 17.2 Å². The fourth-order valence-corrected chi connectivity index (χ4v) is 5.93. The van der Waals surface area contributed by atoms with Gasteiger partial charge in [0.2, 0.25) is 5.78 Å². The average Bonchev–Trinajstić information content (AvgIpc) is 3.55. The number of nitro groups is 1. The Bertz CT molecular complexity index is 1730. The smallest absolute Gasteiger partial charge is 0.275 e. The molecule has 0 radical (unpaired) electrons. The average molecular weight is 517 g/mol. The van der Waals surface area contributed by atoms with Crippen LogP contribution in [0.25, 0.3) is 32.9 Å². The van der Waals surface area contributed by atoms with E-state index in [1.807, 2.05) is 50.7 Å². The van der Waals surface area contributed by atoms with E-state index < -0.39 is 10.7 Å². The summed E-state index contributed by atoms with van der Waals surface area (Å²) < 4.78 is 1.91. The molecule has 0 fully saturated rings. The molecule has 0 bridgehead atoms. The fraction of sp³-hybridized carbons (Fsp3) is 0.115. The molecule has 10 heteroatoms. The van der Waals surface area contributed by atoms with Crippen molar-refractivity contribution in [1.82, 2.24) is 14.3 Å². The van der Waals surface area contributed by atoms with E-state index in [0.29, 0.717) is 19.9 Å². The number of fused-ring (bicyclic) bond motifs is 1. The molecule has 8 nitrogen and oxygen atoms in total. The lowest BCUT2D eigenvalue weighted by Gasteiger charge is -2.01. The van der Waals surface area contributed by atoms with Gasteiger partial charge in [-0.2, -0.15) is 0 Å². The predicted octanol–water partition coefficient (Wildman–Crippen LogP) is 4.62. The number of carbonyl (C=O) groups is 1. The maximum absolute atomic E-state index is 13.5. The van der Waals surface area contributed by atoms with Crippen molar-refractivity contribution in [2.75, 3.05) is 14.1 Å². The quantitative estimate of drug-likeness (QED) is 0.186.